The topological polar surface area (TPSA) is 159 Å². The van der Waals surface area contributed by atoms with Crippen LogP contribution in [0.4, 0.5) is 9.59 Å². The second-order valence-electron chi connectivity index (χ2n) is 12.3. The number of rotatable bonds is 4. The van der Waals surface area contributed by atoms with E-state index in [0.717, 1.165) is 0 Å². The summed E-state index contributed by atoms with van der Waals surface area (Å²) in [5, 5.41) is 18.8. The molecule has 0 unspecified atom stereocenters. The summed E-state index contributed by atoms with van der Waals surface area (Å²) in [7, 11) is 0. The fourth-order valence-electron chi connectivity index (χ4n) is 5.08. The van der Waals surface area contributed by atoms with Crippen LogP contribution >= 0.6 is 0 Å². The Hall–Kier alpha value is -4.22. The summed E-state index contributed by atoms with van der Waals surface area (Å²) >= 11 is 0. The zero-order valence-corrected chi connectivity index (χ0v) is 24.9. The van der Waals surface area contributed by atoms with Gasteiger partial charge in [0.15, 0.2) is 0 Å². The molecular formula is C30H40N4O8. The van der Waals surface area contributed by atoms with Crippen molar-refractivity contribution in [3.8, 4) is 0 Å². The Morgan fingerprint density at radius 3 is 1.33 bits per heavy atom. The molecule has 12 nitrogen and oxygen atoms in total. The average molecular weight is 585 g/mol. The molecule has 2 aromatic heterocycles. The summed E-state index contributed by atoms with van der Waals surface area (Å²) in [5.74, 6) is -3.09. The molecule has 0 aliphatic carbocycles. The number of carbonyl (C=O) groups excluding carboxylic acids is 2. The van der Waals surface area contributed by atoms with Gasteiger partial charge >= 0.3 is 24.1 Å². The van der Waals surface area contributed by atoms with Crippen LogP contribution in [0.3, 0.4) is 0 Å². The largest absolute Gasteiger partial charge is 0.481 e. The molecule has 0 bridgehead atoms. The lowest BCUT2D eigenvalue weighted by molar-refractivity contribution is -0.143. The fourth-order valence-corrected chi connectivity index (χ4v) is 5.08. The third kappa shape index (κ3) is 8.40. The monoisotopic (exact) mass is 584 g/mol. The van der Waals surface area contributed by atoms with Crippen molar-refractivity contribution in [3.05, 3.63) is 60.2 Å². The summed E-state index contributed by atoms with van der Waals surface area (Å²) in [6, 6.07) is 5.98. The van der Waals surface area contributed by atoms with Crippen molar-refractivity contribution in [3.63, 3.8) is 0 Å². The summed E-state index contributed by atoms with van der Waals surface area (Å²) in [6.45, 7) is 11.5. The zero-order valence-electron chi connectivity index (χ0n) is 24.9. The molecule has 2 aliphatic rings. The molecule has 0 spiro atoms. The molecule has 2 aromatic rings. The first kappa shape index (κ1) is 32.3. The van der Waals surface area contributed by atoms with Crippen LogP contribution in [-0.2, 0) is 19.1 Å². The molecule has 0 radical (unpaired) electrons. The second-order valence-corrected chi connectivity index (χ2v) is 12.3. The van der Waals surface area contributed by atoms with E-state index >= 15 is 0 Å². The number of likely N-dealkylation sites (tertiary alicyclic amines) is 2. The van der Waals surface area contributed by atoms with Crippen molar-refractivity contribution in [1.29, 1.82) is 0 Å². The molecule has 4 atom stereocenters. The number of carboxylic acids is 2. The number of aliphatic carboxylic acids is 2. The molecule has 42 heavy (non-hydrogen) atoms. The van der Waals surface area contributed by atoms with E-state index in [1.165, 1.54) is 9.80 Å². The molecule has 0 aromatic carbocycles. The second kappa shape index (κ2) is 13.2. The molecule has 0 saturated carbocycles. The van der Waals surface area contributed by atoms with Crippen molar-refractivity contribution in [1.82, 2.24) is 19.8 Å². The maximum absolute atomic E-state index is 12.3. The van der Waals surface area contributed by atoms with Gasteiger partial charge in [-0.15, -0.1) is 0 Å². The molecule has 12 heteroatoms. The van der Waals surface area contributed by atoms with E-state index in [-0.39, 0.29) is 0 Å². The molecular weight excluding hydrogens is 544 g/mol. The quantitative estimate of drug-likeness (QED) is 0.504. The van der Waals surface area contributed by atoms with Gasteiger partial charge in [0.05, 0.1) is 23.9 Å². The van der Waals surface area contributed by atoms with E-state index in [9.17, 15) is 29.4 Å². The van der Waals surface area contributed by atoms with Crippen LogP contribution in [0.15, 0.2) is 49.1 Å². The van der Waals surface area contributed by atoms with Crippen LogP contribution in [-0.4, -0.2) is 78.4 Å². The third-order valence-corrected chi connectivity index (χ3v) is 6.74. The van der Waals surface area contributed by atoms with Gasteiger partial charge in [0.25, 0.3) is 0 Å². The highest BCUT2D eigenvalue weighted by molar-refractivity contribution is 5.76. The number of amides is 2. The normalized spacial score (nSPS) is 22.1. The number of hydrogen-bond donors (Lipinski definition) is 2. The van der Waals surface area contributed by atoms with Gasteiger partial charge in [-0.05, 0) is 77.6 Å². The minimum absolute atomic E-state index is 0.367. The Labute approximate surface area is 245 Å². The van der Waals surface area contributed by atoms with Crippen LogP contribution < -0.4 is 0 Å². The van der Waals surface area contributed by atoms with Crippen molar-refractivity contribution in [2.24, 2.45) is 11.8 Å². The molecule has 2 fully saturated rings. The predicted octanol–water partition coefficient (Wildman–Crippen LogP) is 4.93. The highest BCUT2D eigenvalue weighted by Gasteiger charge is 2.45. The van der Waals surface area contributed by atoms with E-state index in [1.807, 2.05) is 0 Å². The van der Waals surface area contributed by atoms with Gasteiger partial charge in [-0.25, -0.2) is 9.59 Å². The number of pyridine rings is 2. The van der Waals surface area contributed by atoms with Crippen LogP contribution in [0.25, 0.3) is 0 Å². The maximum atomic E-state index is 12.3. The van der Waals surface area contributed by atoms with Gasteiger partial charge in [0.1, 0.15) is 11.2 Å². The smallest absolute Gasteiger partial charge is 0.410 e. The Kier molecular flexibility index (Phi) is 10.1. The number of ether oxygens (including phenoxy) is 2. The lowest BCUT2D eigenvalue weighted by Gasteiger charge is -2.29. The van der Waals surface area contributed by atoms with Gasteiger partial charge < -0.3 is 29.5 Å². The maximum Gasteiger partial charge on any atom is 0.410 e. The van der Waals surface area contributed by atoms with Crippen molar-refractivity contribution in [2.45, 2.75) is 77.7 Å². The van der Waals surface area contributed by atoms with Gasteiger partial charge in [-0.2, -0.15) is 0 Å². The number of aromatic nitrogens is 2. The lowest BCUT2D eigenvalue weighted by atomic mass is 9.95. The fraction of sp³-hybridized carbons (Fsp3) is 0.533. The van der Waals surface area contributed by atoms with Crippen LogP contribution in [0.5, 0.6) is 0 Å². The van der Waals surface area contributed by atoms with Crippen LogP contribution in [0.2, 0.25) is 0 Å². The number of nitrogens with zero attached hydrogens (tertiary/aromatic N) is 4. The van der Waals surface area contributed by atoms with E-state index in [2.05, 4.69) is 9.97 Å². The van der Waals surface area contributed by atoms with E-state index in [0.29, 0.717) is 37.1 Å². The Balaban J connectivity index is 0.000000230. The summed E-state index contributed by atoms with van der Waals surface area (Å²) < 4.78 is 10.8. The molecule has 2 amide bonds. The Morgan fingerprint density at radius 2 is 1.07 bits per heavy atom. The summed E-state index contributed by atoms with van der Waals surface area (Å²) in [6.07, 6.45) is 6.28. The SMILES string of the molecule is CC(C)(C)OC(=O)N1CC[C@@H](C(=O)O)[C@@H]1c1cccnc1.CC(C)(C)OC(=O)N1CC[C@H](C(=O)O)[C@H]1c1cccnc1. The highest BCUT2D eigenvalue weighted by atomic mass is 16.6. The van der Waals surface area contributed by atoms with Gasteiger partial charge in [0.2, 0.25) is 0 Å². The van der Waals surface area contributed by atoms with E-state index in [4.69, 9.17) is 9.47 Å². The minimum atomic E-state index is -0.907. The highest BCUT2D eigenvalue weighted by Crippen LogP contribution is 2.39. The minimum Gasteiger partial charge on any atom is -0.481 e. The molecule has 4 rings (SSSR count). The third-order valence-electron chi connectivity index (χ3n) is 6.74. The molecule has 2 aliphatic heterocycles. The standard InChI is InChI=1S/2C15H20N2O4/c2*1-15(2,3)21-14(20)17-8-6-11(13(18)19)12(17)10-5-4-7-16-9-10/h2*4-5,7,9,11-12H,6,8H2,1-3H3,(H,18,19)/t2*11-,12+/m10/s1. The summed E-state index contributed by atoms with van der Waals surface area (Å²) in [5.41, 5.74) is 0.206. The van der Waals surface area contributed by atoms with Crippen molar-refractivity contribution in [2.75, 3.05) is 13.1 Å². The van der Waals surface area contributed by atoms with E-state index in [1.54, 1.807) is 90.6 Å². The first-order chi connectivity index (χ1) is 19.6. The van der Waals surface area contributed by atoms with Crippen molar-refractivity contribution >= 4 is 24.1 Å². The Morgan fingerprint density at radius 1 is 0.714 bits per heavy atom. The number of hydrogen-bond acceptors (Lipinski definition) is 8. The average Bonchev–Trinajstić information content (AvgIpc) is 3.54. The number of carbonyl (C=O) groups is 4. The molecule has 2 N–H and O–H groups in total. The van der Waals surface area contributed by atoms with Gasteiger partial charge in [-0.3, -0.25) is 19.6 Å². The van der Waals surface area contributed by atoms with Crippen LogP contribution in [0.1, 0.15) is 77.6 Å². The molecule has 4 heterocycles. The summed E-state index contributed by atoms with van der Waals surface area (Å²) in [4.78, 5) is 58.5. The Bertz CT molecular complexity index is 1150. The number of carboxylic acid groups (broad SMARTS) is 2. The lowest BCUT2D eigenvalue weighted by Crippen LogP contribution is -2.38. The van der Waals surface area contributed by atoms with Gasteiger partial charge in [0, 0.05) is 37.9 Å². The van der Waals surface area contributed by atoms with Crippen molar-refractivity contribution < 1.29 is 38.9 Å². The zero-order chi connectivity index (χ0) is 31.2. The first-order valence-electron chi connectivity index (χ1n) is 13.8. The molecule has 228 valence electrons. The van der Waals surface area contributed by atoms with E-state index < -0.39 is 59.2 Å². The predicted molar refractivity (Wildman–Crippen MR) is 151 cm³/mol. The van der Waals surface area contributed by atoms with Crippen LogP contribution in [0, 0.1) is 11.8 Å². The van der Waals surface area contributed by atoms with Gasteiger partial charge in [-0.1, -0.05) is 12.1 Å². The molecule has 2 saturated heterocycles. The first-order valence-corrected chi connectivity index (χ1v) is 13.8.